The van der Waals surface area contributed by atoms with Crippen molar-refractivity contribution in [2.45, 2.75) is 66.2 Å². The van der Waals surface area contributed by atoms with Gasteiger partial charge in [-0.25, -0.2) is 13.7 Å². The Bertz CT molecular complexity index is 8310. The molecule has 0 aliphatic heterocycles. The van der Waals surface area contributed by atoms with Crippen molar-refractivity contribution in [3.63, 3.8) is 0 Å². The fraction of sp³-hybridized carbons (Fsp3) is 0.155. The van der Waals surface area contributed by atoms with Crippen LogP contribution in [0.3, 0.4) is 0 Å². The molecule has 12 heteroatoms. The molecule has 0 radical (unpaired) electrons. The summed E-state index contributed by atoms with van der Waals surface area (Å²) in [5.74, 6) is 0. The molecule has 0 unspecified atom stereocenters. The Labute approximate surface area is 746 Å². The van der Waals surface area contributed by atoms with Gasteiger partial charge in [0.15, 0.2) is 24.8 Å². The number of nitrogens with zero attached hydrogens (tertiary/aromatic N) is 10. The lowest BCUT2D eigenvalue weighted by molar-refractivity contribution is -0.660. The molecule has 624 valence electrons. The lowest BCUT2D eigenvalue weighted by Crippen LogP contribution is -2.31. The fourth-order valence-electron chi connectivity index (χ4n) is 21.3. The van der Waals surface area contributed by atoms with E-state index in [-0.39, 0.29) is 10.8 Å². The predicted octanol–water partition coefficient (Wildman–Crippen LogP) is 25.8. The molecule has 0 N–H and O–H groups in total. The van der Waals surface area contributed by atoms with Crippen LogP contribution in [0.15, 0.2) is 337 Å². The summed E-state index contributed by atoms with van der Waals surface area (Å²) in [6.45, 7) is 18.5. The van der Waals surface area contributed by atoms with Gasteiger partial charge in [0.1, 0.15) is 50.3 Å². The summed E-state index contributed by atoms with van der Waals surface area (Å²) in [7, 11) is 17.1. The minimum absolute atomic E-state index is 0.0545. The van der Waals surface area contributed by atoms with Gasteiger partial charge in [0.05, 0.1) is 44.5 Å². The Morgan fingerprint density at radius 3 is 1.43 bits per heavy atom. The Kier molecular flexibility index (Phi) is 19.3. The highest BCUT2D eigenvalue weighted by atomic mass is 16.3. The third-order valence-electron chi connectivity index (χ3n) is 28.0. The van der Waals surface area contributed by atoms with E-state index in [2.05, 4.69) is 432 Å². The van der Waals surface area contributed by atoms with Gasteiger partial charge in [0.25, 0.3) is 5.69 Å². The van der Waals surface area contributed by atoms with E-state index in [1.54, 1.807) is 0 Å². The number of para-hydroxylation sites is 4. The molecular formula is C116H102N10O2+4. The monoisotopic (exact) mass is 1670 g/mol. The molecule has 24 rings (SSSR count). The van der Waals surface area contributed by atoms with Gasteiger partial charge < -0.3 is 27.1 Å². The van der Waals surface area contributed by atoms with Crippen molar-refractivity contribution in [1.82, 2.24) is 28.2 Å². The first-order valence-electron chi connectivity index (χ1n) is 44.2. The Morgan fingerprint density at radius 2 is 0.789 bits per heavy atom. The summed E-state index contributed by atoms with van der Waals surface area (Å²) in [6, 6.07) is 102. The molecule has 12 nitrogen and oxygen atoms in total. The van der Waals surface area contributed by atoms with Gasteiger partial charge in [0, 0.05) is 182 Å². The maximum atomic E-state index is 6.37. The zero-order chi connectivity index (χ0) is 88.0. The minimum atomic E-state index is -0.0732. The highest BCUT2D eigenvalue weighted by Crippen LogP contribution is 2.57. The number of rotatable bonds is 8. The molecule has 0 bridgehead atoms. The van der Waals surface area contributed by atoms with E-state index in [0.717, 1.165) is 60.6 Å². The second kappa shape index (κ2) is 30.9. The number of hydrogen-bond acceptors (Lipinski definition) is 4. The van der Waals surface area contributed by atoms with Gasteiger partial charge in [-0.3, -0.25) is 9.97 Å². The lowest BCUT2D eigenvalue weighted by Gasteiger charge is -2.26. The first kappa shape index (κ1) is 80.0. The first-order valence-corrected chi connectivity index (χ1v) is 44.2. The molecule has 0 saturated heterocycles. The molecule has 0 atom stereocenters. The van der Waals surface area contributed by atoms with Crippen LogP contribution in [0.1, 0.15) is 72.2 Å². The standard InChI is InChI=1S/C31H29N2.C30H28N3.C28H23N2O.C27H22N3O/c1-20-23(28-18-21-12-6-9-15-26(21)33(28)5)19-25-30(29(20)27-16-10-11-17-32(27)4)22-13-7-8-14-24(22)31(25,2)3;1-19-22(27-16-20-18-31-14-13-25(20)33(27)5)17-23-21-10-6-7-11-24(21)30(2,3)29(23)28(19)26-12-8-9-15-32(26)4;1-18-20(25-17-19-9-4-6-13-24(19)30(25)3)11-8-12-21(18)27-28-23(15-16-29(27)2)22-10-5-7-14-26(22)31-28;1-17-18(23-16-21-22(30(23)3)11-7-14-28-21)9-6-10-19(17)27-26-20-8-4-5-12-24(20)31-25(26)13-15-29(27)2/h6-19H,1-5H3;6-18H,1-5H3;4-17H,1-3H3;4-16H,1-3H3/q4*+1. The van der Waals surface area contributed by atoms with Gasteiger partial charge in [-0.15, -0.1) is 0 Å². The second-order valence-electron chi connectivity index (χ2n) is 35.9. The van der Waals surface area contributed by atoms with Crippen molar-refractivity contribution in [3.8, 4) is 112 Å². The molecule has 128 heavy (non-hydrogen) atoms. The van der Waals surface area contributed by atoms with Crippen LogP contribution in [-0.4, -0.2) is 28.2 Å². The van der Waals surface area contributed by atoms with Gasteiger partial charge >= 0.3 is 0 Å². The first-order chi connectivity index (χ1) is 62.0. The van der Waals surface area contributed by atoms with E-state index >= 15 is 0 Å². The SMILES string of the molecule is Cc1c(-c2cc3ccccc3n2C)cc2c(c1-c1cccc[n+]1C)-c1ccccc1C2(C)C.Cc1c(-c2cc3ccccc3n2C)cccc1-c1c2oc3ccccc3c2cc[n+]1C.Cc1c(-c2cc3cnccc3n2C)cc2c(c1-c1cccc[n+]1C)C(C)(C)c1ccccc1-2.Cc1c(-c2cc3ncccc3n2C)cccc1-c1c2c(cc[n+]1C)oc1ccccc12. The van der Waals surface area contributed by atoms with E-state index < -0.39 is 0 Å². The molecule has 12 aromatic heterocycles. The van der Waals surface area contributed by atoms with E-state index in [1.165, 1.54) is 184 Å². The van der Waals surface area contributed by atoms with Crippen LogP contribution in [-0.2, 0) is 67.2 Å². The summed E-state index contributed by atoms with van der Waals surface area (Å²) < 4.78 is 30.5. The molecule has 2 aliphatic rings. The molecule has 2 aliphatic carbocycles. The van der Waals surface area contributed by atoms with E-state index in [4.69, 9.17) is 8.83 Å². The molecule has 0 saturated carbocycles. The Balaban J connectivity index is 0.000000104. The third kappa shape index (κ3) is 12.7. The number of aryl methyl sites for hydroxylation is 8. The highest BCUT2D eigenvalue weighted by Gasteiger charge is 2.43. The molecular weight excluding hydrogens is 1570 g/mol. The van der Waals surface area contributed by atoms with E-state index in [9.17, 15) is 0 Å². The van der Waals surface area contributed by atoms with Gasteiger partial charge in [-0.2, -0.15) is 4.57 Å². The van der Waals surface area contributed by atoms with Gasteiger partial charge in [-0.1, -0.05) is 173 Å². The second-order valence-corrected chi connectivity index (χ2v) is 35.9. The zero-order valence-corrected chi connectivity index (χ0v) is 75.5. The quantitative estimate of drug-likeness (QED) is 0.142. The molecule has 0 fully saturated rings. The summed E-state index contributed by atoms with van der Waals surface area (Å²) in [6.07, 6.45) is 14.2. The maximum absolute atomic E-state index is 6.37. The molecule has 22 aromatic rings. The fourth-order valence-corrected chi connectivity index (χ4v) is 21.3. The van der Waals surface area contributed by atoms with Crippen molar-refractivity contribution < 1.29 is 27.1 Å². The van der Waals surface area contributed by atoms with Crippen LogP contribution in [0, 0.1) is 27.7 Å². The number of benzene rings is 10. The minimum Gasteiger partial charge on any atom is -0.456 e. The number of aromatic nitrogens is 10. The van der Waals surface area contributed by atoms with Crippen LogP contribution in [0.2, 0.25) is 0 Å². The molecule has 0 amide bonds. The number of fused-ring (bicyclic) bond motifs is 16. The van der Waals surface area contributed by atoms with Crippen LogP contribution in [0.5, 0.6) is 0 Å². The molecule has 12 heterocycles. The molecule has 0 spiro atoms. The Hall–Kier alpha value is -15.1. The van der Waals surface area contributed by atoms with Crippen LogP contribution in [0.25, 0.3) is 200 Å². The van der Waals surface area contributed by atoms with Crippen molar-refractivity contribution in [1.29, 1.82) is 0 Å². The van der Waals surface area contributed by atoms with Crippen LogP contribution in [0.4, 0.5) is 0 Å². The van der Waals surface area contributed by atoms with E-state index in [1.807, 2.05) is 55.0 Å². The average molecular weight is 1670 g/mol. The van der Waals surface area contributed by atoms with Crippen molar-refractivity contribution in [2.75, 3.05) is 0 Å². The number of pyridine rings is 6. The van der Waals surface area contributed by atoms with Crippen molar-refractivity contribution in [3.05, 3.63) is 373 Å². The summed E-state index contributed by atoms with van der Waals surface area (Å²) in [5.41, 5.74) is 45.4. The topological polar surface area (TPSA) is 87.3 Å². The Morgan fingerprint density at radius 1 is 0.305 bits per heavy atom. The normalized spacial score (nSPS) is 12.8. The summed E-state index contributed by atoms with van der Waals surface area (Å²) >= 11 is 0. The average Bonchev–Trinajstić information content (AvgIpc) is 1.55. The van der Waals surface area contributed by atoms with Crippen LogP contribution >= 0.6 is 0 Å². The summed E-state index contributed by atoms with van der Waals surface area (Å²) in [5, 5.41) is 8.31. The van der Waals surface area contributed by atoms with Crippen LogP contribution < -0.4 is 18.3 Å². The zero-order valence-electron chi connectivity index (χ0n) is 75.5. The lowest BCUT2D eigenvalue weighted by atomic mass is 9.77. The maximum Gasteiger partial charge on any atom is 0.256 e. The third-order valence-corrected chi connectivity index (χ3v) is 28.0. The smallest absolute Gasteiger partial charge is 0.256 e. The van der Waals surface area contributed by atoms with E-state index in [0.29, 0.717) is 0 Å². The van der Waals surface area contributed by atoms with Crippen molar-refractivity contribution in [2.24, 2.45) is 56.4 Å². The molecule has 10 aromatic carbocycles. The predicted molar refractivity (Wildman–Crippen MR) is 524 cm³/mol. The highest BCUT2D eigenvalue weighted by molar-refractivity contribution is 6.12. The number of hydrogen-bond donors (Lipinski definition) is 0. The van der Waals surface area contributed by atoms with Gasteiger partial charge in [0.2, 0.25) is 22.7 Å². The van der Waals surface area contributed by atoms with Gasteiger partial charge in [-0.05, 0) is 192 Å². The number of furan rings is 2. The van der Waals surface area contributed by atoms with Crippen molar-refractivity contribution >= 4 is 87.6 Å². The summed E-state index contributed by atoms with van der Waals surface area (Å²) in [4.78, 5) is 8.89. The largest absolute Gasteiger partial charge is 0.456 e.